The van der Waals surface area contributed by atoms with E-state index in [4.69, 9.17) is 28.4 Å². The standard InChI is InChI=1S/C32H44N2O8/c1-18-14-19(2)25(20(3)15-18)28(29-21(4)26(23(6)33-29)31(35)41-16-39-12-10-37-8)30-22(5)27(24(7)34-30)32(36)42-17-40-13-11-38-9/h14-15,28,33-34H,10-13,16-17H2,1-9H3. The molecule has 42 heavy (non-hydrogen) atoms. The summed E-state index contributed by atoms with van der Waals surface area (Å²) < 4.78 is 31.5. The number of carbonyl (C=O) groups excluding carboxylic acids is 2. The van der Waals surface area contributed by atoms with Crippen LogP contribution in [-0.2, 0) is 28.4 Å². The summed E-state index contributed by atoms with van der Waals surface area (Å²) in [4.78, 5) is 33.3. The average molecular weight is 585 g/mol. The van der Waals surface area contributed by atoms with Crippen LogP contribution >= 0.6 is 0 Å². The number of esters is 2. The molecule has 0 radical (unpaired) electrons. The Morgan fingerprint density at radius 3 is 1.45 bits per heavy atom. The third-order valence-electron chi connectivity index (χ3n) is 7.37. The third kappa shape index (κ3) is 7.49. The van der Waals surface area contributed by atoms with Crippen LogP contribution in [0.1, 0.15) is 82.8 Å². The molecule has 0 bridgehead atoms. The number of aryl methyl sites for hydroxylation is 5. The minimum absolute atomic E-state index is 0.170. The second-order valence-electron chi connectivity index (χ2n) is 10.5. The Kier molecular flexibility index (Phi) is 11.9. The molecule has 10 nitrogen and oxygen atoms in total. The molecule has 10 heteroatoms. The maximum Gasteiger partial charge on any atom is 0.342 e. The van der Waals surface area contributed by atoms with Gasteiger partial charge in [0.25, 0.3) is 0 Å². The highest BCUT2D eigenvalue weighted by Gasteiger charge is 2.32. The van der Waals surface area contributed by atoms with Crippen molar-refractivity contribution in [3.05, 3.63) is 79.4 Å². The monoisotopic (exact) mass is 584 g/mol. The van der Waals surface area contributed by atoms with Crippen LogP contribution in [-0.4, -0.2) is 76.1 Å². The average Bonchev–Trinajstić information content (AvgIpc) is 3.38. The second-order valence-corrected chi connectivity index (χ2v) is 10.5. The quantitative estimate of drug-likeness (QED) is 0.141. The number of hydrogen-bond donors (Lipinski definition) is 2. The van der Waals surface area contributed by atoms with Gasteiger partial charge in [0.05, 0.1) is 43.5 Å². The molecule has 0 saturated heterocycles. The maximum atomic E-state index is 13.1. The number of benzene rings is 1. The molecule has 0 atom stereocenters. The van der Waals surface area contributed by atoms with E-state index >= 15 is 0 Å². The Bertz CT molecular complexity index is 1290. The molecule has 3 aromatic rings. The Morgan fingerprint density at radius 1 is 0.667 bits per heavy atom. The van der Waals surface area contributed by atoms with Crippen molar-refractivity contribution in [2.45, 2.75) is 54.4 Å². The minimum Gasteiger partial charge on any atom is -0.435 e. The first-order valence-corrected chi connectivity index (χ1v) is 14.0. The van der Waals surface area contributed by atoms with Crippen LogP contribution in [0.15, 0.2) is 12.1 Å². The smallest absolute Gasteiger partial charge is 0.342 e. The van der Waals surface area contributed by atoms with E-state index in [-0.39, 0.29) is 19.5 Å². The normalized spacial score (nSPS) is 11.4. The molecule has 230 valence electrons. The lowest BCUT2D eigenvalue weighted by Crippen LogP contribution is -2.14. The summed E-state index contributed by atoms with van der Waals surface area (Å²) in [5.74, 6) is -1.28. The molecule has 2 aromatic heterocycles. The Labute approximate surface area is 248 Å². The van der Waals surface area contributed by atoms with Crippen molar-refractivity contribution in [3.8, 4) is 0 Å². The summed E-state index contributed by atoms with van der Waals surface area (Å²) in [5, 5.41) is 0. The van der Waals surface area contributed by atoms with Gasteiger partial charge in [0, 0.05) is 37.0 Å². The zero-order chi connectivity index (χ0) is 31.0. The number of methoxy groups -OCH3 is 2. The van der Waals surface area contributed by atoms with Gasteiger partial charge >= 0.3 is 11.9 Å². The molecule has 0 fully saturated rings. The number of aromatic amines is 2. The van der Waals surface area contributed by atoms with E-state index in [2.05, 4.69) is 42.9 Å². The van der Waals surface area contributed by atoms with Crippen LogP contribution in [0.2, 0.25) is 0 Å². The van der Waals surface area contributed by atoms with Gasteiger partial charge in [-0.05, 0) is 76.3 Å². The van der Waals surface area contributed by atoms with Crippen molar-refractivity contribution in [3.63, 3.8) is 0 Å². The number of carbonyl (C=O) groups is 2. The largest absolute Gasteiger partial charge is 0.435 e. The van der Waals surface area contributed by atoms with Crippen LogP contribution < -0.4 is 0 Å². The topological polar surface area (TPSA) is 121 Å². The molecule has 1 aromatic carbocycles. The van der Waals surface area contributed by atoms with Crippen LogP contribution in [0.25, 0.3) is 0 Å². The maximum absolute atomic E-state index is 13.1. The van der Waals surface area contributed by atoms with Gasteiger partial charge < -0.3 is 38.4 Å². The highest BCUT2D eigenvalue weighted by Crippen LogP contribution is 2.41. The van der Waals surface area contributed by atoms with Gasteiger partial charge in [-0.25, -0.2) is 9.59 Å². The van der Waals surface area contributed by atoms with Crippen LogP contribution in [0.3, 0.4) is 0 Å². The van der Waals surface area contributed by atoms with E-state index in [0.29, 0.717) is 48.9 Å². The predicted molar refractivity (Wildman–Crippen MR) is 158 cm³/mol. The molecule has 0 spiro atoms. The van der Waals surface area contributed by atoms with E-state index in [9.17, 15) is 9.59 Å². The Hall–Kier alpha value is -3.44. The first-order chi connectivity index (χ1) is 20.0. The number of rotatable bonds is 15. The summed E-state index contributed by atoms with van der Waals surface area (Å²) in [6.07, 6.45) is 0. The van der Waals surface area contributed by atoms with Crippen molar-refractivity contribution < 1.29 is 38.0 Å². The van der Waals surface area contributed by atoms with E-state index in [1.807, 2.05) is 27.7 Å². The number of hydrogen-bond acceptors (Lipinski definition) is 8. The fourth-order valence-corrected chi connectivity index (χ4v) is 5.55. The molecular weight excluding hydrogens is 540 g/mol. The summed E-state index contributed by atoms with van der Waals surface area (Å²) in [5.41, 5.74) is 9.93. The molecule has 0 aliphatic heterocycles. The van der Waals surface area contributed by atoms with E-state index in [1.54, 1.807) is 14.2 Å². The Morgan fingerprint density at radius 2 is 1.07 bits per heavy atom. The molecule has 2 N–H and O–H groups in total. The fourth-order valence-electron chi connectivity index (χ4n) is 5.55. The number of nitrogens with one attached hydrogen (secondary N) is 2. The van der Waals surface area contributed by atoms with Gasteiger partial charge in [-0.1, -0.05) is 17.7 Å². The number of H-pyrrole nitrogens is 2. The zero-order valence-corrected chi connectivity index (χ0v) is 26.2. The molecule has 0 unspecified atom stereocenters. The molecule has 0 aliphatic carbocycles. The first kappa shape index (κ1) is 33.1. The van der Waals surface area contributed by atoms with E-state index in [0.717, 1.165) is 44.8 Å². The van der Waals surface area contributed by atoms with E-state index < -0.39 is 11.9 Å². The molecule has 3 rings (SSSR count). The highest BCUT2D eigenvalue weighted by atomic mass is 16.7. The van der Waals surface area contributed by atoms with Crippen molar-refractivity contribution >= 4 is 11.9 Å². The zero-order valence-electron chi connectivity index (χ0n) is 26.2. The van der Waals surface area contributed by atoms with Gasteiger partial charge in [0.1, 0.15) is 0 Å². The van der Waals surface area contributed by atoms with Crippen molar-refractivity contribution in [1.29, 1.82) is 0 Å². The molecule has 2 heterocycles. The van der Waals surface area contributed by atoms with Gasteiger partial charge in [0.15, 0.2) is 13.6 Å². The summed E-state index contributed by atoms with van der Waals surface area (Å²) in [6.45, 7) is 14.9. The predicted octanol–water partition coefficient (Wildman–Crippen LogP) is 5.24. The van der Waals surface area contributed by atoms with E-state index in [1.165, 1.54) is 0 Å². The minimum atomic E-state index is -0.474. The Balaban J connectivity index is 2.07. The lowest BCUT2D eigenvalue weighted by atomic mass is 9.82. The van der Waals surface area contributed by atoms with Gasteiger partial charge in [-0.3, -0.25) is 0 Å². The van der Waals surface area contributed by atoms with Crippen LogP contribution in [0.4, 0.5) is 0 Å². The number of ether oxygens (including phenoxy) is 6. The second kappa shape index (κ2) is 15.2. The lowest BCUT2D eigenvalue weighted by Gasteiger charge is -2.23. The van der Waals surface area contributed by atoms with Gasteiger partial charge in [-0.15, -0.1) is 0 Å². The fraction of sp³-hybridized carbons (Fsp3) is 0.500. The molecule has 0 amide bonds. The van der Waals surface area contributed by atoms with Crippen molar-refractivity contribution in [2.24, 2.45) is 0 Å². The summed E-state index contributed by atoms with van der Waals surface area (Å²) in [7, 11) is 3.16. The van der Waals surface area contributed by atoms with Gasteiger partial charge in [-0.2, -0.15) is 0 Å². The van der Waals surface area contributed by atoms with Crippen LogP contribution in [0.5, 0.6) is 0 Å². The lowest BCUT2D eigenvalue weighted by molar-refractivity contribution is -0.0441. The highest BCUT2D eigenvalue weighted by molar-refractivity contribution is 5.94. The third-order valence-corrected chi connectivity index (χ3v) is 7.37. The molecule has 0 aliphatic rings. The van der Waals surface area contributed by atoms with Crippen LogP contribution in [0, 0.1) is 48.5 Å². The summed E-state index contributed by atoms with van der Waals surface area (Å²) >= 11 is 0. The first-order valence-electron chi connectivity index (χ1n) is 14.0. The molecular formula is C32H44N2O8. The summed E-state index contributed by atoms with van der Waals surface area (Å²) in [6, 6.07) is 4.29. The molecule has 0 saturated carbocycles. The SMILES string of the molecule is COCCOCOC(=O)c1c(C)[nH]c(C(c2[nH]c(C)c(C(=O)OCOCCOC)c2C)c2c(C)cc(C)cc2C)c1C. The van der Waals surface area contributed by atoms with Gasteiger partial charge in [0.2, 0.25) is 0 Å². The van der Waals surface area contributed by atoms with Crippen molar-refractivity contribution in [1.82, 2.24) is 9.97 Å². The number of aromatic nitrogens is 2. The van der Waals surface area contributed by atoms with Crippen molar-refractivity contribution in [2.75, 3.05) is 54.2 Å².